The molecule has 0 aromatic heterocycles. The molecule has 0 radical (unpaired) electrons. The monoisotopic (exact) mass is 280 g/mol. The number of nitrogens with zero attached hydrogens (tertiary/aromatic N) is 1. The lowest BCUT2D eigenvalue weighted by Gasteiger charge is -2.20. The number of carboxylic acids is 1. The van der Waals surface area contributed by atoms with E-state index in [0.29, 0.717) is 0 Å². The largest absolute Gasteiger partial charge is 0.480 e. The zero-order valence-electron chi connectivity index (χ0n) is 10.5. The van der Waals surface area contributed by atoms with Gasteiger partial charge in [-0.25, -0.2) is 9.18 Å². The van der Waals surface area contributed by atoms with Crippen LogP contribution in [0, 0.1) is 5.82 Å². The maximum atomic E-state index is 13.4. The molecule has 106 valence electrons. The molecule has 1 aromatic carbocycles. The van der Waals surface area contributed by atoms with Crippen molar-refractivity contribution in [3.8, 4) is 0 Å². The van der Waals surface area contributed by atoms with Crippen LogP contribution in [0.15, 0.2) is 24.3 Å². The van der Waals surface area contributed by atoms with Gasteiger partial charge in [0.1, 0.15) is 18.4 Å². The molecule has 0 aliphatic carbocycles. The summed E-state index contributed by atoms with van der Waals surface area (Å²) in [7, 11) is 0. The minimum Gasteiger partial charge on any atom is -0.480 e. The van der Waals surface area contributed by atoms with Crippen LogP contribution in [-0.4, -0.2) is 40.4 Å². The molecule has 2 N–H and O–H groups in total. The Bertz CT molecular complexity index is 561. The van der Waals surface area contributed by atoms with Gasteiger partial charge in [0.15, 0.2) is 0 Å². The summed E-state index contributed by atoms with van der Waals surface area (Å²) in [4.78, 5) is 35.3. The first kappa shape index (κ1) is 14.0. The van der Waals surface area contributed by atoms with Crippen LogP contribution in [0.3, 0.4) is 0 Å². The van der Waals surface area contributed by atoms with Crippen molar-refractivity contribution in [3.05, 3.63) is 30.1 Å². The summed E-state index contributed by atoms with van der Waals surface area (Å²) in [6, 6.07) is 4.62. The molecule has 2 amide bonds. The van der Waals surface area contributed by atoms with E-state index >= 15 is 0 Å². The smallest absolute Gasteiger partial charge is 0.326 e. The SMILES string of the molecule is O=C(CN1C(=O)CCC1C(=O)O)Nc1ccccc1F. The van der Waals surface area contributed by atoms with Gasteiger partial charge in [-0.2, -0.15) is 0 Å². The fourth-order valence-corrected chi connectivity index (χ4v) is 2.10. The van der Waals surface area contributed by atoms with Crippen LogP contribution in [0.1, 0.15) is 12.8 Å². The predicted molar refractivity (Wildman–Crippen MR) is 67.4 cm³/mol. The van der Waals surface area contributed by atoms with Crippen molar-refractivity contribution in [2.45, 2.75) is 18.9 Å². The summed E-state index contributed by atoms with van der Waals surface area (Å²) in [5.41, 5.74) is -0.00368. The molecule has 1 heterocycles. The van der Waals surface area contributed by atoms with Crippen molar-refractivity contribution in [1.82, 2.24) is 4.90 Å². The van der Waals surface area contributed by atoms with Crippen LogP contribution in [-0.2, 0) is 14.4 Å². The highest BCUT2D eigenvalue weighted by molar-refractivity contribution is 5.96. The molecule has 1 atom stereocenters. The molecule has 1 aliphatic rings. The first-order valence-electron chi connectivity index (χ1n) is 6.05. The summed E-state index contributed by atoms with van der Waals surface area (Å²) < 4.78 is 13.4. The van der Waals surface area contributed by atoms with E-state index in [4.69, 9.17) is 5.11 Å². The highest BCUT2D eigenvalue weighted by Crippen LogP contribution is 2.19. The number of hydrogen-bond acceptors (Lipinski definition) is 3. The molecule has 6 nitrogen and oxygen atoms in total. The zero-order valence-corrected chi connectivity index (χ0v) is 10.5. The molecule has 1 unspecified atom stereocenters. The highest BCUT2D eigenvalue weighted by Gasteiger charge is 2.37. The Morgan fingerprint density at radius 1 is 1.40 bits per heavy atom. The van der Waals surface area contributed by atoms with Gasteiger partial charge in [-0.15, -0.1) is 0 Å². The van der Waals surface area contributed by atoms with Gasteiger partial charge in [0.05, 0.1) is 5.69 Å². The topological polar surface area (TPSA) is 86.7 Å². The van der Waals surface area contributed by atoms with E-state index in [1.54, 1.807) is 6.07 Å². The van der Waals surface area contributed by atoms with Gasteiger partial charge in [0, 0.05) is 6.42 Å². The van der Waals surface area contributed by atoms with Crippen molar-refractivity contribution in [1.29, 1.82) is 0 Å². The lowest BCUT2D eigenvalue weighted by atomic mass is 10.2. The Hall–Kier alpha value is -2.44. The van der Waals surface area contributed by atoms with Gasteiger partial charge in [0.2, 0.25) is 11.8 Å². The quantitative estimate of drug-likeness (QED) is 0.855. The van der Waals surface area contributed by atoms with Gasteiger partial charge >= 0.3 is 5.97 Å². The molecule has 1 aromatic rings. The van der Waals surface area contributed by atoms with Gasteiger partial charge < -0.3 is 15.3 Å². The third kappa shape index (κ3) is 2.93. The van der Waals surface area contributed by atoms with Crippen LogP contribution < -0.4 is 5.32 Å². The van der Waals surface area contributed by atoms with Crippen LogP contribution in [0.25, 0.3) is 0 Å². The van der Waals surface area contributed by atoms with E-state index in [0.717, 1.165) is 4.90 Å². The van der Waals surface area contributed by atoms with E-state index in [1.165, 1.54) is 18.2 Å². The van der Waals surface area contributed by atoms with E-state index in [-0.39, 0.29) is 24.4 Å². The fourth-order valence-electron chi connectivity index (χ4n) is 2.10. The molecular formula is C13H13FN2O4. The van der Waals surface area contributed by atoms with Crippen LogP contribution in [0.4, 0.5) is 10.1 Å². The minimum atomic E-state index is -1.14. The normalized spacial score (nSPS) is 18.1. The molecule has 1 aliphatic heterocycles. The van der Waals surface area contributed by atoms with Crippen LogP contribution in [0.2, 0.25) is 0 Å². The number of nitrogens with one attached hydrogen (secondary N) is 1. The zero-order chi connectivity index (χ0) is 14.7. The average molecular weight is 280 g/mol. The van der Waals surface area contributed by atoms with Gasteiger partial charge in [-0.05, 0) is 18.6 Å². The lowest BCUT2D eigenvalue weighted by molar-refractivity contribution is -0.147. The number of para-hydroxylation sites is 1. The number of carbonyl (C=O) groups is 3. The molecule has 0 spiro atoms. The third-order valence-electron chi connectivity index (χ3n) is 3.08. The Morgan fingerprint density at radius 3 is 2.75 bits per heavy atom. The molecular weight excluding hydrogens is 267 g/mol. The molecule has 1 saturated heterocycles. The molecule has 1 fully saturated rings. The van der Waals surface area contributed by atoms with Crippen LogP contribution in [0.5, 0.6) is 0 Å². The maximum absolute atomic E-state index is 13.4. The number of hydrogen-bond donors (Lipinski definition) is 2. The second-order valence-electron chi connectivity index (χ2n) is 4.44. The Balaban J connectivity index is 2.02. The maximum Gasteiger partial charge on any atom is 0.326 e. The predicted octanol–water partition coefficient (Wildman–Crippen LogP) is 0.840. The average Bonchev–Trinajstić information content (AvgIpc) is 2.74. The summed E-state index contributed by atoms with van der Waals surface area (Å²) in [6.45, 7) is -0.399. The molecule has 0 bridgehead atoms. The number of benzene rings is 1. The number of likely N-dealkylation sites (tertiary alicyclic amines) is 1. The highest BCUT2D eigenvalue weighted by atomic mass is 19.1. The Kier molecular flexibility index (Phi) is 3.97. The van der Waals surface area contributed by atoms with E-state index < -0.39 is 30.3 Å². The first-order valence-corrected chi connectivity index (χ1v) is 6.05. The van der Waals surface area contributed by atoms with E-state index in [9.17, 15) is 18.8 Å². The van der Waals surface area contributed by atoms with E-state index in [1.807, 2.05) is 0 Å². The van der Waals surface area contributed by atoms with Gasteiger partial charge in [0.25, 0.3) is 0 Å². The number of carbonyl (C=O) groups excluding carboxylic acids is 2. The number of aliphatic carboxylic acids is 1. The number of anilines is 1. The second kappa shape index (κ2) is 5.68. The fraction of sp³-hybridized carbons (Fsp3) is 0.308. The molecule has 0 saturated carbocycles. The number of rotatable bonds is 4. The van der Waals surface area contributed by atoms with Crippen molar-refractivity contribution < 1.29 is 23.9 Å². The second-order valence-corrected chi connectivity index (χ2v) is 4.44. The number of halogens is 1. The van der Waals surface area contributed by atoms with Crippen molar-refractivity contribution >= 4 is 23.5 Å². The van der Waals surface area contributed by atoms with Crippen LogP contribution >= 0.6 is 0 Å². The standard InChI is InChI=1S/C13H13FN2O4/c14-8-3-1-2-4-9(8)15-11(17)7-16-10(13(19)20)5-6-12(16)18/h1-4,10H,5-7H2,(H,15,17)(H,19,20). The molecule has 2 rings (SSSR count). The Labute approximate surface area is 114 Å². The van der Waals surface area contributed by atoms with Gasteiger partial charge in [-0.1, -0.05) is 12.1 Å². The summed E-state index contributed by atoms with van der Waals surface area (Å²) in [6.07, 6.45) is 0.283. The Morgan fingerprint density at radius 2 is 2.10 bits per heavy atom. The summed E-state index contributed by atoms with van der Waals surface area (Å²) in [5, 5.41) is 11.3. The molecule has 7 heteroatoms. The van der Waals surface area contributed by atoms with Gasteiger partial charge in [-0.3, -0.25) is 9.59 Å². The minimum absolute atomic E-state index is 0.00368. The van der Waals surface area contributed by atoms with Crippen molar-refractivity contribution in [2.24, 2.45) is 0 Å². The number of carboxylic acid groups (broad SMARTS) is 1. The first-order chi connectivity index (χ1) is 9.49. The van der Waals surface area contributed by atoms with E-state index in [2.05, 4.69) is 5.32 Å². The summed E-state index contributed by atoms with van der Waals surface area (Å²) in [5.74, 6) is -2.75. The van der Waals surface area contributed by atoms with Crippen molar-refractivity contribution in [2.75, 3.05) is 11.9 Å². The summed E-state index contributed by atoms with van der Waals surface area (Å²) >= 11 is 0. The lowest BCUT2D eigenvalue weighted by Crippen LogP contribution is -2.43. The van der Waals surface area contributed by atoms with Crippen molar-refractivity contribution in [3.63, 3.8) is 0 Å². The number of amides is 2. The molecule has 20 heavy (non-hydrogen) atoms. The third-order valence-corrected chi connectivity index (χ3v) is 3.08.